The third-order valence-corrected chi connectivity index (χ3v) is 2.79. The zero-order valence-electron chi connectivity index (χ0n) is 8.64. The van der Waals surface area contributed by atoms with Crippen LogP contribution in [0.3, 0.4) is 0 Å². The van der Waals surface area contributed by atoms with Crippen molar-refractivity contribution in [3.63, 3.8) is 0 Å². The fourth-order valence-electron chi connectivity index (χ4n) is 1.78. The molecule has 2 aromatic carbocycles. The molecule has 0 saturated heterocycles. The van der Waals surface area contributed by atoms with E-state index < -0.39 is 7.12 Å². The summed E-state index contributed by atoms with van der Waals surface area (Å²) in [5.74, 6) is 0.413. The summed E-state index contributed by atoms with van der Waals surface area (Å²) in [6, 6.07) is 8.88. The summed E-state index contributed by atoms with van der Waals surface area (Å²) >= 11 is 6.06. The van der Waals surface area contributed by atoms with E-state index in [-0.39, 0.29) is 0 Å². The zero-order chi connectivity index (χ0) is 11.7. The Hall–Kier alpha value is -1.23. The average Bonchev–Trinajstić information content (AvgIpc) is 2.27. The lowest BCUT2D eigenvalue weighted by Crippen LogP contribution is -2.32. The van der Waals surface area contributed by atoms with Crippen molar-refractivity contribution in [2.45, 2.75) is 0 Å². The van der Waals surface area contributed by atoms with E-state index in [9.17, 15) is 10.0 Å². The van der Waals surface area contributed by atoms with E-state index in [1.165, 1.54) is 7.11 Å². The first kappa shape index (κ1) is 11.3. The summed E-state index contributed by atoms with van der Waals surface area (Å²) in [5, 5.41) is 20.7. The predicted octanol–water partition coefficient (Wildman–Crippen LogP) is 1.18. The molecule has 0 aromatic heterocycles. The van der Waals surface area contributed by atoms with Gasteiger partial charge in [-0.05, 0) is 17.5 Å². The Morgan fingerprint density at radius 1 is 1.19 bits per heavy atom. The van der Waals surface area contributed by atoms with Gasteiger partial charge in [-0.1, -0.05) is 29.8 Å². The molecule has 0 atom stereocenters. The minimum atomic E-state index is -1.61. The molecule has 0 amide bonds. The van der Waals surface area contributed by atoms with Crippen LogP contribution < -0.4 is 10.2 Å². The van der Waals surface area contributed by atoms with E-state index in [1.54, 1.807) is 12.1 Å². The molecule has 0 bridgehead atoms. The highest BCUT2D eigenvalue weighted by atomic mass is 35.5. The molecule has 0 aliphatic rings. The largest absolute Gasteiger partial charge is 0.497 e. The van der Waals surface area contributed by atoms with Gasteiger partial charge in [0.2, 0.25) is 0 Å². The quantitative estimate of drug-likeness (QED) is 0.770. The maximum absolute atomic E-state index is 9.38. The van der Waals surface area contributed by atoms with Crippen LogP contribution in [0.2, 0.25) is 5.02 Å². The first-order valence-corrected chi connectivity index (χ1v) is 5.14. The Balaban J connectivity index is 2.87. The molecule has 0 aliphatic heterocycles. The minimum Gasteiger partial charge on any atom is -0.497 e. The van der Waals surface area contributed by atoms with Gasteiger partial charge in [-0.2, -0.15) is 0 Å². The fourth-order valence-corrected chi connectivity index (χ4v) is 2.06. The number of benzene rings is 2. The highest BCUT2D eigenvalue weighted by Gasteiger charge is 2.21. The lowest BCUT2D eigenvalue weighted by molar-refractivity contribution is 0.404. The van der Waals surface area contributed by atoms with Crippen LogP contribution in [0.1, 0.15) is 0 Å². The number of halogens is 1. The molecular weight excluding hydrogens is 226 g/mol. The van der Waals surface area contributed by atoms with Crippen LogP contribution in [-0.4, -0.2) is 24.3 Å². The van der Waals surface area contributed by atoms with Crippen molar-refractivity contribution in [2.75, 3.05) is 7.11 Å². The third kappa shape index (κ3) is 1.75. The normalized spacial score (nSPS) is 10.5. The molecule has 0 aliphatic carbocycles. The number of ether oxygens (including phenoxy) is 1. The number of hydrogen-bond acceptors (Lipinski definition) is 3. The van der Waals surface area contributed by atoms with Gasteiger partial charge >= 0.3 is 7.12 Å². The Morgan fingerprint density at radius 2 is 1.94 bits per heavy atom. The van der Waals surface area contributed by atoms with Crippen LogP contribution in [0.5, 0.6) is 5.75 Å². The fraction of sp³-hybridized carbons (Fsp3) is 0.0909. The molecule has 82 valence electrons. The van der Waals surface area contributed by atoms with Gasteiger partial charge in [-0.25, -0.2) is 0 Å². The van der Waals surface area contributed by atoms with Crippen molar-refractivity contribution >= 4 is 35.0 Å². The summed E-state index contributed by atoms with van der Waals surface area (Å²) in [5.41, 5.74) is 0.297. The smallest absolute Gasteiger partial charge is 0.492 e. The minimum absolute atomic E-state index is 0.297. The van der Waals surface area contributed by atoms with Gasteiger partial charge in [0.05, 0.1) is 7.11 Å². The Labute approximate surface area is 98.4 Å². The first-order valence-electron chi connectivity index (χ1n) is 4.76. The van der Waals surface area contributed by atoms with Crippen LogP contribution in [0.15, 0.2) is 30.3 Å². The lowest BCUT2D eigenvalue weighted by Gasteiger charge is -2.12. The molecule has 0 spiro atoms. The van der Waals surface area contributed by atoms with Crippen LogP contribution >= 0.6 is 11.6 Å². The maximum Gasteiger partial charge on any atom is 0.492 e. The topological polar surface area (TPSA) is 49.7 Å². The Kier molecular flexibility index (Phi) is 3.05. The molecule has 0 saturated carbocycles. The SMILES string of the molecule is COc1ccc2cccc(Cl)c2c1B(O)O. The van der Waals surface area contributed by atoms with Crippen molar-refractivity contribution in [1.29, 1.82) is 0 Å². The Bertz CT molecular complexity index is 528. The van der Waals surface area contributed by atoms with Gasteiger partial charge in [0.15, 0.2) is 0 Å². The third-order valence-electron chi connectivity index (χ3n) is 2.47. The van der Waals surface area contributed by atoms with Crippen LogP contribution in [0.4, 0.5) is 0 Å². The monoisotopic (exact) mass is 236 g/mol. The molecular formula is C11H10BClO3. The Morgan fingerprint density at radius 3 is 2.56 bits per heavy atom. The van der Waals surface area contributed by atoms with Crippen molar-refractivity contribution in [2.24, 2.45) is 0 Å². The summed E-state index contributed by atoms with van der Waals surface area (Å²) in [6.07, 6.45) is 0. The number of fused-ring (bicyclic) bond motifs is 1. The lowest BCUT2D eigenvalue weighted by atomic mass is 9.76. The molecule has 0 radical (unpaired) electrons. The van der Waals surface area contributed by atoms with Crippen molar-refractivity contribution in [3.8, 4) is 5.75 Å². The highest BCUT2D eigenvalue weighted by molar-refractivity contribution is 6.64. The number of methoxy groups -OCH3 is 1. The second kappa shape index (κ2) is 4.33. The van der Waals surface area contributed by atoms with Gasteiger partial charge in [0, 0.05) is 15.9 Å². The average molecular weight is 236 g/mol. The van der Waals surface area contributed by atoms with E-state index in [4.69, 9.17) is 16.3 Å². The molecule has 2 aromatic rings. The predicted molar refractivity (Wildman–Crippen MR) is 65.3 cm³/mol. The molecule has 2 rings (SSSR count). The van der Waals surface area contributed by atoms with Gasteiger partial charge in [-0.15, -0.1) is 0 Å². The van der Waals surface area contributed by atoms with Crippen molar-refractivity contribution in [1.82, 2.24) is 0 Å². The highest BCUT2D eigenvalue weighted by Crippen LogP contribution is 2.25. The summed E-state index contributed by atoms with van der Waals surface area (Å²) < 4.78 is 5.09. The van der Waals surface area contributed by atoms with E-state index >= 15 is 0 Å². The number of hydrogen-bond donors (Lipinski definition) is 2. The summed E-state index contributed by atoms with van der Waals surface area (Å²) in [4.78, 5) is 0. The van der Waals surface area contributed by atoms with Crippen LogP contribution in [0.25, 0.3) is 10.8 Å². The molecule has 3 nitrogen and oxygen atoms in total. The molecule has 16 heavy (non-hydrogen) atoms. The van der Waals surface area contributed by atoms with E-state index in [0.29, 0.717) is 21.6 Å². The van der Waals surface area contributed by atoms with E-state index in [0.717, 1.165) is 5.39 Å². The summed E-state index contributed by atoms with van der Waals surface area (Å²) in [6.45, 7) is 0. The van der Waals surface area contributed by atoms with Gasteiger partial charge in [0.1, 0.15) is 5.75 Å². The standard InChI is InChI=1S/C11H10BClO3/c1-16-9-6-5-7-3-2-4-8(13)10(7)11(9)12(14)15/h2-6,14-15H,1H3. The molecule has 5 heteroatoms. The maximum atomic E-state index is 9.38. The second-order valence-electron chi connectivity index (χ2n) is 3.39. The first-order chi connectivity index (χ1) is 7.65. The van der Waals surface area contributed by atoms with Gasteiger partial charge < -0.3 is 14.8 Å². The van der Waals surface area contributed by atoms with E-state index in [1.807, 2.05) is 18.2 Å². The van der Waals surface area contributed by atoms with Crippen LogP contribution in [-0.2, 0) is 0 Å². The van der Waals surface area contributed by atoms with Gasteiger partial charge in [0.25, 0.3) is 0 Å². The molecule has 0 fully saturated rings. The van der Waals surface area contributed by atoms with Crippen LogP contribution in [0, 0.1) is 0 Å². The second-order valence-corrected chi connectivity index (χ2v) is 3.80. The van der Waals surface area contributed by atoms with E-state index in [2.05, 4.69) is 0 Å². The molecule has 0 unspecified atom stereocenters. The number of rotatable bonds is 2. The molecule has 2 N–H and O–H groups in total. The molecule has 0 heterocycles. The van der Waals surface area contributed by atoms with Crippen molar-refractivity contribution in [3.05, 3.63) is 35.4 Å². The van der Waals surface area contributed by atoms with Crippen molar-refractivity contribution < 1.29 is 14.8 Å². The van der Waals surface area contributed by atoms with Gasteiger partial charge in [-0.3, -0.25) is 0 Å². The summed E-state index contributed by atoms with van der Waals surface area (Å²) in [7, 11) is -0.136. The zero-order valence-corrected chi connectivity index (χ0v) is 9.40.